The molecule has 1 aromatic heterocycles. The van der Waals surface area contributed by atoms with Crippen molar-refractivity contribution in [2.45, 2.75) is 43.7 Å². The summed E-state index contributed by atoms with van der Waals surface area (Å²) in [6.07, 6.45) is 1.91. The number of methoxy groups -OCH3 is 1. The van der Waals surface area contributed by atoms with Gasteiger partial charge in [0.1, 0.15) is 0 Å². The number of hydrogen-bond acceptors (Lipinski definition) is 5. The first kappa shape index (κ1) is 20.1. The quantitative estimate of drug-likeness (QED) is 0.710. The van der Waals surface area contributed by atoms with E-state index in [4.69, 9.17) is 4.74 Å². The summed E-state index contributed by atoms with van der Waals surface area (Å²) in [5.41, 5.74) is 0.881. The molecule has 2 bridgehead atoms. The number of carbonyl (C=O) groups is 2. The lowest BCUT2D eigenvalue weighted by Crippen LogP contribution is -2.55. The predicted octanol–water partition coefficient (Wildman–Crippen LogP) is 0.259. The molecule has 2 aliphatic heterocycles. The van der Waals surface area contributed by atoms with E-state index in [0.29, 0.717) is 39.1 Å². The number of rotatable bonds is 6. The zero-order chi connectivity index (χ0) is 20.5. The molecule has 2 N–H and O–H groups in total. The number of aliphatic hydroxyl groups excluding tert-OH is 1. The van der Waals surface area contributed by atoms with Gasteiger partial charge in [0.25, 0.3) is 5.56 Å². The summed E-state index contributed by atoms with van der Waals surface area (Å²) in [6, 6.07) is 5.11. The Balaban J connectivity index is 1.54. The van der Waals surface area contributed by atoms with Gasteiger partial charge in [0, 0.05) is 56.8 Å². The van der Waals surface area contributed by atoms with E-state index < -0.39 is 0 Å². The van der Waals surface area contributed by atoms with Gasteiger partial charge in [-0.3, -0.25) is 14.4 Å². The first-order valence-corrected chi connectivity index (χ1v) is 10.4. The van der Waals surface area contributed by atoms with Crippen molar-refractivity contribution in [1.82, 2.24) is 14.8 Å². The minimum Gasteiger partial charge on any atom is -0.393 e. The van der Waals surface area contributed by atoms with Crippen molar-refractivity contribution in [3.63, 3.8) is 0 Å². The van der Waals surface area contributed by atoms with Gasteiger partial charge in [0.15, 0.2) is 0 Å². The predicted molar refractivity (Wildman–Crippen MR) is 105 cm³/mol. The third-order valence-electron chi connectivity index (χ3n) is 6.61. The van der Waals surface area contributed by atoms with E-state index in [0.717, 1.165) is 12.1 Å². The Kier molecular flexibility index (Phi) is 5.74. The van der Waals surface area contributed by atoms with Crippen LogP contribution >= 0.6 is 0 Å². The van der Waals surface area contributed by atoms with Crippen LogP contribution in [0.3, 0.4) is 0 Å². The summed E-state index contributed by atoms with van der Waals surface area (Å²) >= 11 is 0. The van der Waals surface area contributed by atoms with Crippen LogP contribution in [0, 0.1) is 11.8 Å². The summed E-state index contributed by atoms with van der Waals surface area (Å²) in [7, 11) is 1.55. The second kappa shape index (κ2) is 8.28. The highest BCUT2D eigenvalue weighted by Gasteiger charge is 2.44. The Morgan fingerprint density at radius 2 is 2.03 bits per heavy atom. The molecule has 0 aromatic carbocycles. The molecule has 1 aliphatic carbocycles. The molecule has 1 aromatic rings. The van der Waals surface area contributed by atoms with Crippen molar-refractivity contribution in [3.05, 3.63) is 34.2 Å². The molecule has 0 spiro atoms. The first-order valence-electron chi connectivity index (χ1n) is 10.4. The van der Waals surface area contributed by atoms with E-state index in [1.165, 1.54) is 0 Å². The smallest absolute Gasteiger partial charge is 0.251 e. The van der Waals surface area contributed by atoms with E-state index in [2.05, 4.69) is 5.32 Å². The lowest BCUT2D eigenvalue weighted by Gasteiger charge is -2.48. The summed E-state index contributed by atoms with van der Waals surface area (Å²) in [6.45, 7) is 1.91. The maximum Gasteiger partial charge on any atom is 0.251 e. The van der Waals surface area contributed by atoms with E-state index in [1.54, 1.807) is 19.2 Å². The van der Waals surface area contributed by atoms with E-state index in [9.17, 15) is 19.5 Å². The molecule has 8 nitrogen and oxygen atoms in total. The monoisotopic (exact) mass is 403 g/mol. The van der Waals surface area contributed by atoms with Crippen molar-refractivity contribution < 1.29 is 19.4 Å². The maximum atomic E-state index is 12.9. The average Bonchev–Trinajstić information content (AvgIpc) is 2.69. The summed E-state index contributed by atoms with van der Waals surface area (Å²) < 4.78 is 6.78. The molecule has 3 aliphatic rings. The third kappa shape index (κ3) is 3.96. The van der Waals surface area contributed by atoms with Crippen LogP contribution in [-0.2, 0) is 14.3 Å². The van der Waals surface area contributed by atoms with Gasteiger partial charge in [0.2, 0.25) is 11.8 Å². The van der Waals surface area contributed by atoms with Crippen LogP contribution in [0.1, 0.15) is 43.3 Å². The van der Waals surface area contributed by atoms with Crippen molar-refractivity contribution in [3.8, 4) is 0 Å². The van der Waals surface area contributed by atoms with Gasteiger partial charge < -0.3 is 24.6 Å². The highest BCUT2D eigenvalue weighted by atomic mass is 16.5. The number of piperidine rings is 1. The topological polar surface area (TPSA) is 101 Å². The largest absolute Gasteiger partial charge is 0.393 e. The fourth-order valence-corrected chi connectivity index (χ4v) is 5.03. The Morgan fingerprint density at radius 3 is 2.76 bits per heavy atom. The Hall–Kier alpha value is -2.19. The van der Waals surface area contributed by atoms with Crippen LogP contribution in [0.4, 0.5) is 0 Å². The van der Waals surface area contributed by atoms with Gasteiger partial charge in [-0.1, -0.05) is 6.07 Å². The molecule has 158 valence electrons. The molecule has 3 heterocycles. The molecule has 4 rings (SSSR count). The van der Waals surface area contributed by atoms with Crippen LogP contribution in [0.2, 0.25) is 0 Å². The van der Waals surface area contributed by atoms with Crippen molar-refractivity contribution in [2.24, 2.45) is 11.8 Å². The number of nitrogens with one attached hydrogen (secondary N) is 1. The van der Waals surface area contributed by atoms with E-state index >= 15 is 0 Å². The second-order valence-corrected chi connectivity index (χ2v) is 8.53. The molecule has 1 saturated carbocycles. The van der Waals surface area contributed by atoms with Crippen LogP contribution in [0.25, 0.3) is 0 Å². The van der Waals surface area contributed by atoms with Crippen LogP contribution < -0.4 is 10.9 Å². The molecular formula is C21H29N3O5. The van der Waals surface area contributed by atoms with E-state index in [1.807, 2.05) is 15.5 Å². The zero-order valence-corrected chi connectivity index (χ0v) is 16.8. The van der Waals surface area contributed by atoms with Gasteiger partial charge in [0.05, 0.1) is 18.8 Å². The van der Waals surface area contributed by atoms with Crippen molar-refractivity contribution >= 4 is 11.8 Å². The number of hydrogen-bond donors (Lipinski definition) is 2. The molecule has 2 fully saturated rings. The highest BCUT2D eigenvalue weighted by Crippen LogP contribution is 2.42. The van der Waals surface area contributed by atoms with Gasteiger partial charge in [-0.25, -0.2) is 0 Å². The molecule has 0 radical (unpaired) electrons. The summed E-state index contributed by atoms with van der Waals surface area (Å²) in [4.78, 5) is 39.5. The van der Waals surface area contributed by atoms with Gasteiger partial charge in [-0.15, -0.1) is 0 Å². The number of aromatic nitrogens is 1. The normalized spacial score (nSPS) is 30.3. The molecule has 3 atom stereocenters. The van der Waals surface area contributed by atoms with Crippen molar-refractivity contribution in [2.75, 3.05) is 33.4 Å². The van der Waals surface area contributed by atoms with Gasteiger partial charge >= 0.3 is 0 Å². The standard InChI is InChI=1S/C21H29N3O5/c1-29-6-5-19(26)22-10-18-15-7-14(17-3-2-4-20(27)24(17)18)11-23(12-15)21(28)13-8-16(25)9-13/h2-4,13-16,18,25H,5-12H2,1H3,(H,22,26)/t13?,14-,15+,16?,18+/m1/s1. The van der Waals surface area contributed by atoms with Crippen molar-refractivity contribution in [1.29, 1.82) is 0 Å². The molecule has 2 amide bonds. The SMILES string of the molecule is COCCC(=O)NC[C@H]1[C@H]2C[C@H](CN(C(=O)C3CC(O)C3)C2)c2cccc(=O)n21. The minimum absolute atomic E-state index is 0.0600. The first-order chi connectivity index (χ1) is 14.0. The highest BCUT2D eigenvalue weighted by molar-refractivity contribution is 5.80. The second-order valence-electron chi connectivity index (χ2n) is 8.53. The minimum atomic E-state index is -0.359. The van der Waals surface area contributed by atoms with Crippen LogP contribution in [0.5, 0.6) is 0 Å². The summed E-state index contributed by atoms with van der Waals surface area (Å²) in [5, 5.41) is 12.5. The molecule has 29 heavy (non-hydrogen) atoms. The Morgan fingerprint density at radius 1 is 1.24 bits per heavy atom. The van der Waals surface area contributed by atoms with Crippen LogP contribution in [0.15, 0.2) is 23.0 Å². The fraction of sp³-hybridized carbons (Fsp3) is 0.667. The summed E-state index contributed by atoms with van der Waals surface area (Å²) in [5.74, 6) is 0.148. The lowest BCUT2D eigenvalue weighted by atomic mass is 9.76. The number of carbonyl (C=O) groups excluding carboxylic acids is 2. The van der Waals surface area contributed by atoms with E-state index in [-0.39, 0.29) is 53.7 Å². The molecular weight excluding hydrogens is 374 g/mol. The van der Waals surface area contributed by atoms with Gasteiger partial charge in [-0.05, 0) is 31.2 Å². The molecule has 8 heteroatoms. The number of amides is 2. The number of likely N-dealkylation sites (tertiary alicyclic amines) is 1. The zero-order valence-electron chi connectivity index (χ0n) is 16.8. The number of nitrogens with zero attached hydrogens (tertiary/aromatic N) is 2. The number of ether oxygens (including phenoxy) is 1. The number of aliphatic hydroxyl groups is 1. The third-order valence-corrected chi connectivity index (χ3v) is 6.61. The molecule has 0 unspecified atom stereocenters. The van der Waals surface area contributed by atoms with Crippen LogP contribution in [-0.4, -0.2) is 65.8 Å². The Bertz CT molecular complexity index is 832. The fourth-order valence-electron chi connectivity index (χ4n) is 5.03. The Labute approximate surface area is 169 Å². The maximum absolute atomic E-state index is 12.9. The van der Waals surface area contributed by atoms with Gasteiger partial charge in [-0.2, -0.15) is 0 Å². The number of fused-ring (bicyclic) bond motifs is 4. The molecule has 1 saturated heterocycles. The average molecular weight is 403 g/mol. The number of pyridine rings is 1. The lowest BCUT2D eigenvalue weighted by molar-refractivity contribution is -0.145.